The van der Waals surface area contributed by atoms with Crippen molar-refractivity contribution >= 4 is 5.91 Å². The summed E-state index contributed by atoms with van der Waals surface area (Å²) in [6, 6.07) is 3.39. The first-order chi connectivity index (χ1) is 9.45. The van der Waals surface area contributed by atoms with E-state index < -0.39 is 11.6 Å². The fourth-order valence-corrected chi connectivity index (χ4v) is 1.67. The van der Waals surface area contributed by atoms with Gasteiger partial charge in [-0.25, -0.2) is 13.5 Å². The van der Waals surface area contributed by atoms with Gasteiger partial charge in [0.05, 0.1) is 19.3 Å². The predicted molar refractivity (Wildman–Crippen MR) is 67.6 cm³/mol. The molecule has 0 saturated heterocycles. The van der Waals surface area contributed by atoms with Gasteiger partial charge in [-0.15, -0.1) is 5.10 Å². The van der Waals surface area contributed by atoms with E-state index >= 15 is 0 Å². The molecule has 1 amide bonds. The van der Waals surface area contributed by atoms with Crippen LogP contribution >= 0.6 is 0 Å². The first-order valence-electron chi connectivity index (χ1n) is 6.00. The number of carbonyl (C=O) groups excluding carboxylic acids is 1. The lowest BCUT2D eigenvalue weighted by Crippen LogP contribution is -2.23. The summed E-state index contributed by atoms with van der Waals surface area (Å²) in [6.07, 6.45) is 1.63. The van der Waals surface area contributed by atoms with Crippen LogP contribution in [0.15, 0.2) is 24.4 Å². The fraction of sp³-hybridized carbons (Fsp3) is 0.308. The maximum atomic E-state index is 13.5. The minimum absolute atomic E-state index is 0.0795. The minimum atomic E-state index is -0.622. The van der Waals surface area contributed by atoms with Crippen LogP contribution in [-0.4, -0.2) is 32.8 Å². The molecule has 1 heterocycles. The first kappa shape index (κ1) is 14.1. The van der Waals surface area contributed by atoms with Gasteiger partial charge >= 0.3 is 0 Å². The van der Waals surface area contributed by atoms with Crippen molar-refractivity contribution in [3.8, 4) is 0 Å². The van der Waals surface area contributed by atoms with E-state index in [9.17, 15) is 13.6 Å². The second-order valence-electron chi connectivity index (χ2n) is 4.52. The van der Waals surface area contributed by atoms with E-state index in [4.69, 9.17) is 0 Å². The average Bonchev–Trinajstić information content (AvgIpc) is 2.80. The second kappa shape index (κ2) is 5.77. The van der Waals surface area contributed by atoms with E-state index in [0.29, 0.717) is 17.8 Å². The van der Waals surface area contributed by atoms with Crippen molar-refractivity contribution < 1.29 is 13.6 Å². The Morgan fingerprint density at radius 1 is 1.40 bits per heavy atom. The highest BCUT2D eigenvalue weighted by molar-refractivity contribution is 5.72. The summed E-state index contributed by atoms with van der Waals surface area (Å²) in [4.78, 5) is 12.6. The quantitative estimate of drug-likeness (QED) is 0.854. The number of halogens is 2. The molecule has 0 aliphatic heterocycles. The van der Waals surface area contributed by atoms with Gasteiger partial charge in [0, 0.05) is 25.6 Å². The lowest BCUT2D eigenvalue weighted by molar-refractivity contribution is -0.128. The summed E-state index contributed by atoms with van der Waals surface area (Å²) < 4.78 is 27.7. The van der Waals surface area contributed by atoms with Crippen molar-refractivity contribution in [1.82, 2.24) is 19.9 Å². The van der Waals surface area contributed by atoms with Crippen molar-refractivity contribution in [2.24, 2.45) is 0 Å². The third-order valence-electron chi connectivity index (χ3n) is 2.87. The molecule has 2 rings (SSSR count). The van der Waals surface area contributed by atoms with Gasteiger partial charge in [0.15, 0.2) is 0 Å². The lowest BCUT2D eigenvalue weighted by atomic mass is 10.2. The Balaban J connectivity index is 2.07. The highest BCUT2D eigenvalue weighted by Gasteiger charge is 2.09. The number of aromatic nitrogens is 3. The van der Waals surface area contributed by atoms with Crippen molar-refractivity contribution in [3.63, 3.8) is 0 Å². The summed E-state index contributed by atoms with van der Waals surface area (Å²) >= 11 is 0. The van der Waals surface area contributed by atoms with Crippen molar-refractivity contribution in [2.45, 2.75) is 20.0 Å². The number of benzene rings is 1. The van der Waals surface area contributed by atoms with Crippen LogP contribution in [0.4, 0.5) is 8.78 Å². The summed E-state index contributed by atoms with van der Waals surface area (Å²) in [5, 5.41) is 7.76. The summed E-state index contributed by atoms with van der Waals surface area (Å²) in [5.74, 6) is -1.32. The van der Waals surface area contributed by atoms with Crippen molar-refractivity contribution in [1.29, 1.82) is 0 Å². The molecule has 0 aliphatic carbocycles. The highest BCUT2D eigenvalue weighted by Crippen LogP contribution is 2.11. The number of nitrogens with zero attached hydrogens (tertiary/aromatic N) is 4. The molecule has 0 atom stereocenters. The van der Waals surface area contributed by atoms with E-state index in [2.05, 4.69) is 10.3 Å². The maximum Gasteiger partial charge on any atom is 0.219 e. The Morgan fingerprint density at radius 2 is 2.15 bits per heavy atom. The van der Waals surface area contributed by atoms with Crippen LogP contribution in [-0.2, 0) is 17.9 Å². The van der Waals surface area contributed by atoms with Gasteiger partial charge in [0.2, 0.25) is 5.91 Å². The molecular formula is C13H14F2N4O. The number of amides is 1. The number of carbonyl (C=O) groups is 1. The van der Waals surface area contributed by atoms with E-state index in [0.717, 1.165) is 6.07 Å². The molecule has 2 aromatic rings. The summed E-state index contributed by atoms with van der Waals surface area (Å²) in [6.45, 7) is 1.95. The van der Waals surface area contributed by atoms with Gasteiger partial charge < -0.3 is 4.90 Å². The average molecular weight is 280 g/mol. The Labute approximate surface area is 114 Å². The molecule has 5 nitrogen and oxygen atoms in total. The van der Waals surface area contributed by atoms with Crippen LogP contribution in [0.5, 0.6) is 0 Å². The van der Waals surface area contributed by atoms with Gasteiger partial charge in [-0.2, -0.15) is 0 Å². The van der Waals surface area contributed by atoms with Crippen molar-refractivity contribution in [3.05, 3.63) is 47.3 Å². The van der Waals surface area contributed by atoms with Gasteiger partial charge in [-0.05, 0) is 6.07 Å². The topological polar surface area (TPSA) is 51.0 Å². The van der Waals surface area contributed by atoms with E-state index in [1.807, 2.05) is 0 Å². The standard InChI is InChI=1S/C13H14F2N4O/c1-9(20)18(2)7-12-8-19(17-16-12)6-10-3-4-11(14)5-13(10)15/h3-5,8H,6-7H2,1-2H3. The van der Waals surface area contributed by atoms with Gasteiger partial charge in [0.1, 0.15) is 17.3 Å². The fourth-order valence-electron chi connectivity index (χ4n) is 1.67. The Morgan fingerprint density at radius 3 is 2.80 bits per heavy atom. The zero-order valence-electron chi connectivity index (χ0n) is 11.2. The lowest BCUT2D eigenvalue weighted by Gasteiger charge is -2.11. The van der Waals surface area contributed by atoms with Crippen LogP contribution in [0, 0.1) is 11.6 Å². The smallest absolute Gasteiger partial charge is 0.219 e. The largest absolute Gasteiger partial charge is 0.340 e. The predicted octanol–water partition coefficient (Wildman–Crippen LogP) is 1.58. The first-order valence-corrected chi connectivity index (χ1v) is 6.00. The Bertz CT molecular complexity index is 627. The number of rotatable bonds is 4. The minimum Gasteiger partial charge on any atom is -0.340 e. The number of hydrogen-bond donors (Lipinski definition) is 0. The normalized spacial score (nSPS) is 10.6. The molecule has 1 aromatic carbocycles. The molecule has 0 saturated carbocycles. The third-order valence-corrected chi connectivity index (χ3v) is 2.87. The highest BCUT2D eigenvalue weighted by atomic mass is 19.1. The molecule has 0 bridgehead atoms. The monoisotopic (exact) mass is 280 g/mol. The zero-order valence-corrected chi connectivity index (χ0v) is 11.2. The summed E-state index contributed by atoms with van der Waals surface area (Å²) in [5.41, 5.74) is 0.924. The molecular weight excluding hydrogens is 266 g/mol. The summed E-state index contributed by atoms with van der Waals surface area (Å²) in [7, 11) is 1.65. The molecule has 0 N–H and O–H groups in total. The van der Waals surface area contributed by atoms with Crippen LogP contribution < -0.4 is 0 Å². The molecule has 1 aromatic heterocycles. The molecule has 7 heteroatoms. The molecule has 0 fully saturated rings. The van der Waals surface area contributed by atoms with E-state index in [1.54, 1.807) is 13.2 Å². The molecule has 20 heavy (non-hydrogen) atoms. The van der Waals surface area contributed by atoms with Gasteiger partial charge in [-0.3, -0.25) is 4.79 Å². The van der Waals surface area contributed by atoms with Gasteiger partial charge in [-0.1, -0.05) is 11.3 Å². The molecule has 0 unspecified atom stereocenters. The molecule has 0 radical (unpaired) electrons. The van der Waals surface area contributed by atoms with E-state index in [-0.39, 0.29) is 12.5 Å². The Hall–Kier alpha value is -2.31. The third kappa shape index (κ3) is 3.37. The SMILES string of the molecule is CC(=O)N(C)Cc1cn(Cc2ccc(F)cc2F)nn1. The second-order valence-corrected chi connectivity index (χ2v) is 4.52. The van der Waals surface area contributed by atoms with Crippen LogP contribution in [0.1, 0.15) is 18.2 Å². The van der Waals surface area contributed by atoms with Crippen LogP contribution in [0.3, 0.4) is 0 Å². The van der Waals surface area contributed by atoms with Crippen molar-refractivity contribution in [2.75, 3.05) is 7.05 Å². The maximum absolute atomic E-state index is 13.5. The van der Waals surface area contributed by atoms with Crippen LogP contribution in [0.2, 0.25) is 0 Å². The van der Waals surface area contributed by atoms with Gasteiger partial charge in [0.25, 0.3) is 0 Å². The van der Waals surface area contributed by atoms with Crippen LogP contribution in [0.25, 0.3) is 0 Å². The molecule has 106 valence electrons. The zero-order chi connectivity index (χ0) is 14.7. The van der Waals surface area contributed by atoms with E-state index in [1.165, 1.54) is 28.6 Å². The Kier molecular flexibility index (Phi) is 4.07. The molecule has 0 aliphatic rings. The molecule has 0 spiro atoms. The number of hydrogen-bond acceptors (Lipinski definition) is 3.